The van der Waals surface area contributed by atoms with E-state index in [1.165, 1.54) is 16.7 Å². The Morgan fingerprint density at radius 2 is 1.94 bits per heavy atom. The first-order valence-electron chi connectivity index (χ1n) is 12.8. The van der Waals surface area contributed by atoms with Crippen molar-refractivity contribution in [3.8, 4) is 0 Å². The monoisotopic (exact) mass is 475 g/mol. The van der Waals surface area contributed by atoms with Gasteiger partial charge in [-0.3, -0.25) is 9.80 Å². The fourth-order valence-electron chi connectivity index (χ4n) is 5.05. The summed E-state index contributed by atoms with van der Waals surface area (Å²) in [5.41, 5.74) is 7.04. The third-order valence-electron chi connectivity index (χ3n) is 7.30. The minimum Gasteiger partial charge on any atom is -0.366 e. The standard InChI is InChI=1S/C31H42FN3/c1-7-27-11-12-29(20-30(27)22-34(6)25(5)10-9-24(4)33-8-2)28-13-15-35(16-14-28)21-26-17-23(3)18-31(32)19-26/h7-8,11-12,17-20,25,28,33H,1-2,4,9-10,13-16,21-22H2,3,5-6H3. The maximum absolute atomic E-state index is 13.8. The number of aryl methyl sites for hydroxylation is 1. The zero-order valence-corrected chi connectivity index (χ0v) is 21.8. The topological polar surface area (TPSA) is 18.5 Å². The quantitative estimate of drug-likeness (QED) is 0.356. The Morgan fingerprint density at radius 3 is 2.60 bits per heavy atom. The number of piperidine rings is 1. The molecule has 1 N–H and O–H groups in total. The molecule has 1 unspecified atom stereocenters. The minimum atomic E-state index is -0.137. The molecule has 0 aromatic heterocycles. The Balaban J connectivity index is 1.59. The summed E-state index contributed by atoms with van der Waals surface area (Å²) in [6, 6.07) is 12.7. The highest BCUT2D eigenvalue weighted by Crippen LogP contribution is 2.31. The van der Waals surface area contributed by atoms with Crippen molar-refractivity contribution in [1.29, 1.82) is 0 Å². The van der Waals surface area contributed by atoms with Crippen LogP contribution in [0.15, 0.2) is 68.0 Å². The number of benzene rings is 2. The zero-order chi connectivity index (χ0) is 25.4. The van der Waals surface area contributed by atoms with Crippen LogP contribution in [0.25, 0.3) is 6.08 Å². The van der Waals surface area contributed by atoms with Crippen LogP contribution in [-0.4, -0.2) is 36.0 Å². The molecule has 35 heavy (non-hydrogen) atoms. The Hall–Kier alpha value is -2.69. The lowest BCUT2D eigenvalue weighted by molar-refractivity contribution is 0.204. The van der Waals surface area contributed by atoms with E-state index in [1.807, 2.05) is 13.0 Å². The first-order valence-corrected chi connectivity index (χ1v) is 12.8. The molecular weight excluding hydrogens is 433 g/mol. The summed E-state index contributed by atoms with van der Waals surface area (Å²) in [7, 11) is 2.19. The number of rotatable bonds is 12. The van der Waals surface area contributed by atoms with Crippen LogP contribution < -0.4 is 5.32 Å². The highest BCUT2D eigenvalue weighted by atomic mass is 19.1. The van der Waals surface area contributed by atoms with E-state index < -0.39 is 0 Å². The third kappa shape index (κ3) is 7.91. The molecule has 1 aliphatic rings. The molecule has 0 saturated carbocycles. The molecule has 4 heteroatoms. The predicted molar refractivity (Wildman–Crippen MR) is 148 cm³/mol. The van der Waals surface area contributed by atoms with Crippen molar-refractivity contribution in [3.63, 3.8) is 0 Å². The van der Waals surface area contributed by atoms with Gasteiger partial charge in [0.25, 0.3) is 0 Å². The number of nitrogens with zero attached hydrogens (tertiary/aromatic N) is 2. The first-order chi connectivity index (χ1) is 16.8. The number of allylic oxidation sites excluding steroid dienone is 1. The highest BCUT2D eigenvalue weighted by Gasteiger charge is 2.22. The Bertz CT molecular complexity index is 1000. The molecule has 1 aliphatic heterocycles. The summed E-state index contributed by atoms with van der Waals surface area (Å²) in [6.45, 7) is 19.8. The second kappa shape index (κ2) is 12.9. The van der Waals surface area contributed by atoms with E-state index in [-0.39, 0.29) is 5.82 Å². The van der Waals surface area contributed by atoms with Gasteiger partial charge in [0.05, 0.1) is 0 Å². The van der Waals surface area contributed by atoms with Crippen molar-refractivity contribution < 1.29 is 4.39 Å². The molecule has 1 saturated heterocycles. The lowest BCUT2D eigenvalue weighted by Gasteiger charge is -2.33. The third-order valence-corrected chi connectivity index (χ3v) is 7.30. The van der Waals surface area contributed by atoms with Gasteiger partial charge in [-0.1, -0.05) is 50.1 Å². The summed E-state index contributed by atoms with van der Waals surface area (Å²) in [5, 5.41) is 3.09. The van der Waals surface area contributed by atoms with Crippen molar-refractivity contribution in [2.75, 3.05) is 20.1 Å². The van der Waals surface area contributed by atoms with Crippen LogP contribution >= 0.6 is 0 Å². The molecule has 1 heterocycles. The van der Waals surface area contributed by atoms with E-state index in [0.717, 1.165) is 68.7 Å². The van der Waals surface area contributed by atoms with Crippen molar-refractivity contribution in [2.24, 2.45) is 0 Å². The molecule has 0 radical (unpaired) electrons. The second-order valence-electron chi connectivity index (χ2n) is 10.1. The number of likely N-dealkylation sites (tertiary alicyclic amines) is 1. The van der Waals surface area contributed by atoms with E-state index in [0.29, 0.717) is 12.0 Å². The zero-order valence-electron chi connectivity index (χ0n) is 21.8. The van der Waals surface area contributed by atoms with Crippen molar-refractivity contribution in [2.45, 2.75) is 64.6 Å². The molecule has 2 aromatic carbocycles. The van der Waals surface area contributed by atoms with Crippen LogP contribution in [0.1, 0.15) is 66.3 Å². The normalized spacial score (nSPS) is 15.7. The molecule has 2 aromatic rings. The predicted octanol–water partition coefficient (Wildman–Crippen LogP) is 7.00. The van der Waals surface area contributed by atoms with Crippen LogP contribution in [0, 0.1) is 12.7 Å². The summed E-state index contributed by atoms with van der Waals surface area (Å²) in [5.74, 6) is 0.427. The van der Waals surface area contributed by atoms with Gasteiger partial charge in [0.15, 0.2) is 0 Å². The number of nitrogens with one attached hydrogen (secondary N) is 1. The molecule has 0 amide bonds. The van der Waals surface area contributed by atoms with Gasteiger partial charge in [0.2, 0.25) is 0 Å². The van der Waals surface area contributed by atoms with Crippen LogP contribution in [0.3, 0.4) is 0 Å². The number of hydrogen-bond donors (Lipinski definition) is 1. The summed E-state index contributed by atoms with van der Waals surface area (Å²) < 4.78 is 13.8. The van der Waals surface area contributed by atoms with Crippen molar-refractivity contribution in [1.82, 2.24) is 15.1 Å². The molecule has 3 rings (SSSR count). The first kappa shape index (κ1) is 26.9. The molecule has 0 bridgehead atoms. The number of halogens is 1. The molecule has 1 atom stereocenters. The molecule has 3 nitrogen and oxygen atoms in total. The van der Waals surface area contributed by atoms with Gasteiger partial charge >= 0.3 is 0 Å². The maximum atomic E-state index is 13.8. The van der Waals surface area contributed by atoms with Gasteiger partial charge in [-0.25, -0.2) is 4.39 Å². The van der Waals surface area contributed by atoms with Gasteiger partial charge in [0.1, 0.15) is 5.82 Å². The minimum absolute atomic E-state index is 0.137. The fraction of sp³-hybridized carbons (Fsp3) is 0.419. The lowest BCUT2D eigenvalue weighted by Crippen LogP contribution is -2.32. The average molecular weight is 476 g/mol. The summed E-state index contributed by atoms with van der Waals surface area (Å²) in [6.07, 6.45) is 7.89. The highest BCUT2D eigenvalue weighted by molar-refractivity contribution is 5.53. The largest absolute Gasteiger partial charge is 0.366 e. The Labute approximate surface area is 212 Å². The fourth-order valence-corrected chi connectivity index (χ4v) is 5.05. The average Bonchev–Trinajstić information content (AvgIpc) is 2.82. The molecule has 0 spiro atoms. The van der Waals surface area contributed by atoms with E-state index >= 15 is 0 Å². The Kier molecular flexibility index (Phi) is 9.88. The van der Waals surface area contributed by atoms with Crippen molar-refractivity contribution in [3.05, 3.63) is 102 Å². The van der Waals surface area contributed by atoms with Gasteiger partial charge in [-0.2, -0.15) is 0 Å². The molecular formula is C31H42FN3. The lowest BCUT2D eigenvalue weighted by atomic mass is 9.87. The van der Waals surface area contributed by atoms with E-state index in [2.05, 4.69) is 73.1 Å². The number of hydrogen-bond acceptors (Lipinski definition) is 3. The van der Waals surface area contributed by atoms with Gasteiger partial charge in [0, 0.05) is 24.8 Å². The van der Waals surface area contributed by atoms with E-state index in [1.54, 1.807) is 18.3 Å². The SMILES string of the molecule is C=CNC(=C)CCC(C)N(C)Cc1cc(C2CCN(Cc3cc(C)cc(F)c3)CC2)ccc1C=C. The second-order valence-corrected chi connectivity index (χ2v) is 10.1. The van der Waals surface area contributed by atoms with Crippen LogP contribution in [0.5, 0.6) is 0 Å². The molecule has 1 fully saturated rings. The van der Waals surface area contributed by atoms with Gasteiger partial charge in [-0.05, 0) is 112 Å². The molecule has 0 aliphatic carbocycles. The Morgan fingerprint density at radius 1 is 1.20 bits per heavy atom. The van der Waals surface area contributed by atoms with Crippen molar-refractivity contribution >= 4 is 6.08 Å². The smallest absolute Gasteiger partial charge is 0.123 e. The van der Waals surface area contributed by atoms with Gasteiger partial charge < -0.3 is 5.32 Å². The summed E-state index contributed by atoms with van der Waals surface area (Å²) >= 11 is 0. The van der Waals surface area contributed by atoms with E-state index in [4.69, 9.17) is 0 Å². The maximum Gasteiger partial charge on any atom is 0.123 e. The molecule has 188 valence electrons. The van der Waals surface area contributed by atoms with Gasteiger partial charge in [-0.15, -0.1) is 0 Å². The van der Waals surface area contributed by atoms with E-state index in [9.17, 15) is 4.39 Å². The van der Waals surface area contributed by atoms with Crippen LogP contribution in [0.4, 0.5) is 4.39 Å². The summed E-state index contributed by atoms with van der Waals surface area (Å²) in [4.78, 5) is 4.87. The van der Waals surface area contributed by atoms with Crippen LogP contribution in [-0.2, 0) is 13.1 Å². The van der Waals surface area contributed by atoms with Crippen LogP contribution in [0.2, 0.25) is 0 Å².